The quantitative estimate of drug-likeness (QED) is 0.744. The van der Waals surface area contributed by atoms with Crippen molar-refractivity contribution in [3.05, 3.63) is 60.9 Å². The second kappa shape index (κ2) is 7.73. The molecule has 1 fully saturated rings. The molecule has 0 aliphatic carbocycles. The van der Waals surface area contributed by atoms with Crippen LogP contribution in [0, 0.1) is 0 Å². The van der Waals surface area contributed by atoms with E-state index in [4.69, 9.17) is 0 Å². The normalized spacial score (nSPS) is 14.3. The summed E-state index contributed by atoms with van der Waals surface area (Å²) in [5.74, 6) is 2.54. The molecule has 0 unspecified atom stereocenters. The zero-order chi connectivity index (χ0) is 17.6. The molecule has 4 heterocycles. The van der Waals surface area contributed by atoms with E-state index in [0.29, 0.717) is 6.54 Å². The maximum Gasteiger partial charge on any atom is 0.225 e. The lowest BCUT2D eigenvalue weighted by Gasteiger charge is -2.35. The van der Waals surface area contributed by atoms with Crippen LogP contribution in [0.1, 0.15) is 5.56 Å². The van der Waals surface area contributed by atoms with Crippen molar-refractivity contribution >= 4 is 17.6 Å². The molecule has 3 aromatic heterocycles. The van der Waals surface area contributed by atoms with Gasteiger partial charge in [0, 0.05) is 63.6 Å². The summed E-state index contributed by atoms with van der Waals surface area (Å²) < 4.78 is 0. The summed E-state index contributed by atoms with van der Waals surface area (Å²) in [5, 5.41) is 3.34. The largest absolute Gasteiger partial charge is 0.366 e. The molecule has 1 N–H and O–H groups in total. The van der Waals surface area contributed by atoms with Gasteiger partial charge in [0.25, 0.3) is 0 Å². The van der Waals surface area contributed by atoms with E-state index in [9.17, 15) is 0 Å². The highest BCUT2D eigenvalue weighted by Gasteiger charge is 2.20. The van der Waals surface area contributed by atoms with Gasteiger partial charge in [-0.05, 0) is 23.8 Å². The van der Waals surface area contributed by atoms with Crippen LogP contribution in [-0.2, 0) is 6.54 Å². The number of piperazine rings is 1. The van der Waals surface area contributed by atoms with E-state index in [1.807, 2.05) is 24.3 Å². The van der Waals surface area contributed by atoms with Crippen molar-refractivity contribution in [3.63, 3.8) is 0 Å². The second-order valence-corrected chi connectivity index (χ2v) is 5.99. The van der Waals surface area contributed by atoms with Gasteiger partial charge in [0.15, 0.2) is 0 Å². The fourth-order valence-corrected chi connectivity index (χ4v) is 2.90. The van der Waals surface area contributed by atoms with Crippen LogP contribution in [0.2, 0.25) is 0 Å². The molecule has 0 radical (unpaired) electrons. The van der Waals surface area contributed by atoms with E-state index in [0.717, 1.165) is 49.3 Å². The Morgan fingerprint density at radius 1 is 0.846 bits per heavy atom. The molecule has 0 spiro atoms. The molecule has 1 saturated heterocycles. The molecule has 8 heteroatoms. The van der Waals surface area contributed by atoms with Crippen molar-refractivity contribution < 1.29 is 0 Å². The number of nitrogens with one attached hydrogen (secondary N) is 1. The summed E-state index contributed by atoms with van der Waals surface area (Å²) in [7, 11) is 0. The number of hydrogen-bond donors (Lipinski definition) is 1. The van der Waals surface area contributed by atoms with Crippen LogP contribution in [-0.4, -0.2) is 51.1 Å². The maximum absolute atomic E-state index is 4.43. The summed E-state index contributed by atoms with van der Waals surface area (Å²) in [4.78, 5) is 25.9. The zero-order valence-corrected chi connectivity index (χ0v) is 14.4. The van der Waals surface area contributed by atoms with Crippen molar-refractivity contribution in [2.75, 3.05) is 41.3 Å². The third-order valence-electron chi connectivity index (χ3n) is 4.31. The molecule has 0 bridgehead atoms. The van der Waals surface area contributed by atoms with E-state index in [2.05, 4.69) is 40.0 Å². The van der Waals surface area contributed by atoms with Crippen LogP contribution in [0.25, 0.3) is 0 Å². The molecule has 0 amide bonds. The first-order valence-electron chi connectivity index (χ1n) is 8.60. The molecular formula is C18H20N8. The van der Waals surface area contributed by atoms with E-state index in [1.54, 1.807) is 31.1 Å². The van der Waals surface area contributed by atoms with Crippen LogP contribution < -0.4 is 15.1 Å². The van der Waals surface area contributed by atoms with Gasteiger partial charge in [0.1, 0.15) is 18.0 Å². The number of nitrogens with zero attached hydrogens (tertiary/aromatic N) is 7. The Labute approximate surface area is 152 Å². The highest BCUT2D eigenvalue weighted by molar-refractivity contribution is 5.50. The first-order chi connectivity index (χ1) is 12.9. The monoisotopic (exact) mass is 348 g/mol. The molecule has 4 rings (SSSR count). The lowest BCUT2D eigenvalue weighted by atomic mass is 10.2. The van der Waals surface area contributed by atoms with Crippen molar-refractivity contribution in [1.82, 2.24) is 24.9 Å². The molecule has 1 aliphatic rings. The molecule has 0 atom stereocenters. The first kappa shape index (κ1) is 16.2. The van der Waals surface area contributed by atoms with Crippen molar-refractivity contribution in [1.29, 1.82) is 0 Å². The minimum atomic E-state index is 0.706. The summed E-state index contributed by atoms with van der Waals surface area (Å²) in [5.41, 5.74) is 1.16. The van der Waals surface area contributed by atoms with Gasteiger partial charge in [-0.1, -0.05) is 0 Å². The van der Waals surface area contributed by atoms with Gasteiger partial charge in [-0.3, -0.25) is 4.98 Å². The van der Waals surface area contributed by atoms with Gasteiger partial charge in [-0.2, -0.15) is 0 Å². The summed E-state index contributed by atoms with van der Waals surface area (Å²) in [6.07, 6.45) is 8.74. The van der Waals surface area contributed by atoms with Gasteiger partial charge >= 0.3 is 0 Å². The number of hydrogen-bond acceptors (Lipinski definition) is 8. The van der Waals surface area contributed by atoms with E-state index in [1.165, 1.54) is 0 Å². The van der Waals surface area contributed by atoms with Gasteiger partial charge in [0.2, 0.25) is 5.95 Å². The highest BCUT2D eigenvalue weighted by Crippen LogP contribution is 2.18. The molecule has 3 aromatic rings. The Hall–Kier alpha value is -3.29. The Morgan fingerprint density at radius 3 is 2.35 bits per heavy atom. The fourth-order valence-electron chi connectivity index (χ4n) is 2.90. The predicted octanol–water partition coefficient (Wildman–Crippen LogP) is 1.60. The van der Waals surface area contributed by atoms with Crippen LogP contribution >= 0.6 is 0 Å². The molecule has 0 saturated carbocycles. The summed E-state index contributed by atoms with van der Waals surface area (Å²) >= 11 is 0. The van der Waals surface area contributed by atoms with Crippen molar-refractivity contribution in [2.45, 2.75) is 6.54 Å². The van der Waals surface area contributed by atoms with Crippen LogP contribution in [0.3, 0.4) is 0 Å². The second-order valence-electron chi connectivity index (χ2n) is 5.99. The molecular weight excluding hydrogens is 328 g/mol. The first-order valence-corrected chi connectivity index (χ1v) is 8.60. The van der Waals surface area contributed by atoms with Gasteiger partial charge in [0.05, 0.1) is 0 Å². The Morgan fingerprint density at radius 2 is 1.58 bits per heavy atom. The highest BCUT2D eigenvalue weighted by atomic mass is 15.3. The van der Waals surface area contributed by atoms with Crippen LogP contribution in [0.5, 0.6) is 0 Å². The summed E-state index contributed by atoms with van der Waals surface area (Å²) in [6, 6.07) is 7.80. The van der Waals surface area contributed by atoms with E-state index >= 15 is 0 Å². The van der Waals surface area contributed by atoms with Crippen molar-refractivity contribution in [3.8, 4) is 0 Å². The Balaban J connectivity index is 1.36. The number of rotatable bonds is 5. The average Bonchev–Trinajstić information content (AvgIpc) is 2.74. The van der Waals surface area contributed by atoms with E-state index < -0.39 is 0 Å². The number of pyridine rings is 1. The third-order valence-corrected chi connectivity index (χ3v) is 4.31. The summed E-state index contributed by atoms with van der Waals surface area (Å²) in [6.45, 7) is 4.19. The third kappa shape index (κ3) is 3.85. The van der Waals surface area contributed by atoms with Gasteiger partial charge in [-0.25, -0.2) is 19.9 Å². The molecule has 26 heavy (non-hydrogen) atoms. The number of anilines is 3. The Kier molecular flexibility index (Phi) is 4.81. The molecule has 132 valence electrons. The van der Waals surface area contributed by atoms with E-state index in [-0.39, 0.29) is 0 Å². The molecule has 8 nitrogen and oxygen atoms in total. The zero-order valence-electron chi connectivity index (χ0n) is 14.4. The average molecular weight is 348 g/mol. The predicted molar refractivity (Wildman–Crippen MR) is 100 cm³/mol. The fraction of sp³-hybridized carbons (Fsp3) is 0.278. The van der Waals surface area contributed by atoms with Gasteiger partial charge < -0.3 is 15.1 Å². The minimum Gasteiger partial charge on any atom is -0.366 e. The lowest BCUT2D eigenvalue weighted by Crippen LogP contribution is -2.47. The van der Waals surface area contributed by atoms with Crippen molar-refractivity contribution in [2.24, 2.45) is 0 Å². The Bertz CT molecular complexity index is 819. The van der Waals surface area contributed by atoms with Gasteiger partial charge in [-0.15, -0.1) is 0 Å². The SMILES string of the molecule is c1cnc(N2CCN(c3cc(NCc4ccncc4)ncn3)CC2)nc1. The molecule has 1 aliphatic heterocycles. The molecule has 0 aromatic carbocycles. The lowest BCUT2D eigenvalue weighted by molar-refractivity contribution is 0.634. The number of aromatic nitrogens is 5. The minimum absolute atomic E-state index is 0.706. The maximum atomic E-state index is 4.43. The topological polar surface area (TPSA) is 83.0 Å². The van der Waals surface area contributed by atoms with Crippen LogP contribution in [0.4, 0.5) is 17.6 Å². The standard InChI is InChI=1S/C18H20N8/c1-4-20-18(21-5-1)26-10-8-25(9-11-26)17-12-16(23-14-24-17)22-13-15-2-6-19-7-3-15/h1-7,12,14H,8-11,13H2,(H,22,23,24). The van der Waals surface area contributed by atoms with Crippen LogP contribution in [0.15, 0.2) is 55.4 Å². The smallest absolute Gasteiger partial charge is 0.225 e.